The molecule has 4 heteroatoms. The van der Waals surface area contributed by atoms with Crippen LogP contribution in [0.25, 0.3) is 0 Å². The number of amides is 1. The van der Waals surface area contributed by atoms with Crippen LogP contribution in [0.3, 0.4) is 0 Å². The summed E-state index contributed by atoms with van der Waals surface area (Å²) in [7, 11) is 0. The average Bonchev–Trinajstić information content (AvgIpc) is 2.32. The smallest absolute Gasteiger partial charge is 0.255 e. The highest BCUT2D eigenvalue weighted by Gasteiger charge is 2.05. The highest BCUT2D eigenvalue weighted by Crippen LogP contribution is 2.15. The first-order chi connectivity index (χ1) is 8.15. The summed E-state index contributed by atoms with van der Waals surface area (Å²) in [6.45, 7) is 1.86. The predicted octanol–water partition coefficient (Wildman–Crippen LogP) is 3.40. The van der Waals surface area contributed by atoms with Crippen LogP contribution in [-0.2, 0) is 0 Å². The van der Waals surface area contributed by atoms with Crippen molar-refractivity contribution in [2.75, 3.05) is 5.32 Å². The van der Waals surface area contributed by atoms with Gasteiger partial charge in [0.2, 0.25) is 0 Å². The first kappa shape index (κ1) is 11.8. The summed E-state index contributed by atoms with van der Waals surface area (Å²) in [6, 6.07) is 10.9. The Morgan fingerprint density at radius 2 is 1.94 bits per heavy atom. The molecule has 0 radical (unpaired) electrons. The first-order valence-electron chi connectivity index (χ1n) is 5.15. The van der Waals surface area contributed by atoms with E-state index in [0.717, 1.165) is 15.9 Å². The van der Waals surface area contributed by atoms with E-state index < -0.39 is 0 Å². The number of hydrogen-bond acceptors (Lipinski definition) is 2. The Bertz CT molecular complexity index is 537. The Kier molecular flexibility index (Phi) is 3.54. The van der Waals surface area contributed by atoms with E-state index >= 15 is 0 Å². The molecule has 1 amide bonds. The number of aromatic nitrogens is 1. The lowest BCUT2D eigenvalue weighted by Crippen LogP contribution is -2.12. The second kappa shape index (κ2) is 5.10. The van der Waals surface area contributed by atoms with Gasteiger partial charge >= 0.3 is 0 Å². The minimum atomic E-state index is -0.127. The molecule has 1 heterocycles. The van der Waals surface area contributed by atoms with Gasteiger partial charge in [0.15, 0.2) is 0 Å². The molecular weight excluding hydrogens is 280 g/mol. The van der Waals surface area contributed by atoms with Gasteiger partial charge in [-0.3, -0.25) is 9.78 Å². The largest absolute Gasteiger partial charge is 0.322 e. The lowest BCUT2D eigenvalue weighted by Gasteiger charge is -2.05. The van der Waals surface area contributed by atoms with Crippen molar-refractivity contribution in [1.82, 2.24) is 4.98 Å². The Balaban J connectivity index is 2.14. The minimum Gasteiger partial charge on any atom is -0.322 e. The lowest BCUT2D eigenvalue weighted by molar-refractivity contribution is 0.102. The third-order valence-electron chi connectivity index (χ3n) is 2.26. The van der Waals surface area contributed by atoms with Crippen molar-refractivity contribution in [3.8, 4) is 0 Å². The zero-order valence-corrected chi connectivity index (χ0v) is 10.9. The van der Waals surface area contributed by atoms with Crippen molar-refractivity contribution >= 4 is 27.5 Å². The highest BCUT2D eigenvalue weighted by atomic mass is 79.9. The van der Waals surface area contributed by atoms with Gasteiger partial charge in [-0.15, -0.1) is 0 Å². The fraction of sp³-hybridized carbons (Fsp3) is 0.0769. The van der Waals surface area contributed by atoms with Gasteiger partial charge in [-0.2, -0.15) is 0 Å². The Morgan fingerprint density at radius 3 is 2.59 bits per heavy atom. The van der Waals surface area contributed by atoms with E-state index in [-0.39, 0.29) is 5.91 Å². The fourth-order valence-corrected chi connectivity index (χ4v) is 1.69. The summed E-state index contributed by atoms with van der Waals surface area (Å²) >= 11 is 3.35. The molecule has 1 aromatic carbocycles. The number of hydrogen-bond donors (Lipinski definition) is 1. The van der Waals surface area contributed by atoms with Gasteiger partial charge in [-0.05, 0) is 43.3 Å². The summed E-state index contributed by atoms with van der Waals surface area (Å²) in [5.41, 5.74) is 2.21. The van der Waals surface area contributed by atoms with Gasteiger partial charge < -0.3 is 5.32 Å². The van der Waals surface area contributed by atoms with Gasteiger partial charge in [0.25, 0.3) is 5.91 Å². The van der Waals surface area contributed by atoms with Crippen LogP contribution in [0.1, 0.15) is 16.1 Å². The topological polar surface area (TPSA) is 42.0 Å². The molecule has 0 fully saturated rings. The predicted molar refractivity (Wildman–Crippen MR) is 71.1 cm³/mol. The molecule has 0 saturated carbocycles. The maximum absolute atomic E-state index is 11.9. The monoisotopic (exact) mass is 290 g/mol. The van der Waals surface area contributed by atoms with E-state index in [1.54, 1.807) is 18.3 Å². The number of benzene rings is 1. The molecule has 0 bridgehead atoms. The first-order valence-corrected chi connectivity index (χ1v) is 5.94. The molecule has 3 nitrogen and oxygen atoms in total. The number of nitrogens with zero attached hydrogens (tertiary/aromatic N) is 1. The third-order valence-corrected chi connectivity index (χ3v) is 2.79. The number of halogens is 1. The van der Waals surface area contributed by atoms with E-state index in [2.05, 4.69) is 26.2 Å². The number of carbonyl (C=O) groups excluding carboxylic acids is 1. The second-order valence-corrected chi connectivity index (χ2v) is 4.56. The summed E-state index contributed by atoms with van der Waals surface area (Å²) in [4.78, 5) is 16.0. The molecule has 1 aromatic heterocycles. The van der Waals surface area contributed by atoms with Gasteiger partial charge in [0.1, 0.15) is 0 Å². The quantitative estimate of drug-likeness (QED) is 0.921. The van der Waals surface area contributed by atoms with Crippen LogP contribution in [-0.4, -0.2) is 10.9 Å². The van der Waals surface area contributed by atoms with Crippen LogP contribution < -0.4 is 5.32 Å². The van der Waals surface area contributed by atoms with Crippen molar-refractivity contribution in [3.05, 3.63) is 58.3 Å². The molecule has 0 atom stereocenters. The number of nitrogens with one attached hydrogen (secondary N) is 1. The summed E-state index contributed by atoms with van der Waals surface area (Å²) in [5.74, 6) is -0.127. The maximum Gasteiger partial charge on any atom is 0.255 e. The molecule has 0 aliphatic rings. The second-order valence-electron chi connectivity index (χ2n) is 3.65. The van der Waals surface area contributed by atoms with Crippen LogP contribution in [0.5, 0.6) is 0 Å². The normalized spacial score (nSPS) is 10.0. The Morgan fingerprint density at radius 1 is 1.24 bits per heavy atom. The van der Waals surface area contributed by atoms with Gasteiger partial charge in [0.05, 0.1) is 0 Å². The van der Waals surface area contributed by atoms with Crippen molar-refractivity contribution in [3.63, 3.8) is 0 Å². The number of pyridine rings is 1. The molecule has 0 aliphatic heterocycles. The van der Waals surface area contributed by atoms with Crippen molar-refractivity contribution in [1.29, 1.82) is 0 Å². The van der Waals surface area contributed by atoms with Gasteiger partial charge in [-0.1, -0.05) is 15.9 Å². The van der Waals surface area contributed by atoms with E-state index in [1.807, 2.05) is 31.2 Å². The van der Waals surface area contributed by atoms with Crippen molar-refractivity contribution < 1.29 is 4.79 Å². The number of rotatable bonds is 2. The van der Waals surface area contributed by atoms with Crippen LogP contribution in [0.2, 0.25) is 0 Å². The number of anilines is 1. The van der Waals surface area contributed by atoms with Crippen molar-refractivity contribution in [2.24, 2.45) is 0 Å². The van der Waals surface area contributed by atoms with Crippen LogP contribution in [0, 0.1) is 6.92 Å². The number of aryl methyl sites for hydroxylation is 1. The van der Waals surface area contributed by atoms with Crippen LogP contribution >= 0.6 is 15.9 Å². The van der Waals surface area contributed by atoms with E-state index in [9.17, 15) is 4.79 Å². The van der Waals surface area contributed by atoms with Gasteiger partial charge in [-0.25, -0.2) is 0 Å². The fourth-order valence-electron chi connectivity index (χ4n) is 1.42. The molecule has 0 saturated heterocycles. The van der Waals surface area contributed by atoms with E-state index in [1.165, 1.54) is 0 Å². The summed E-state index contributed by atoms with van der Waals surface area (Å²) < 4.78 is 0.982. The van der Waals surface area contributed by atoms with E-state index in [0.29, 0.717) is 5.56 Å². The Labute approximate surface area is 108 Å². The van der Waals surface area contributed by atoms with E-state index in [4.69, 9.17) is 0 Å². The number of carbonyl (C=O) groups is 1. The van der Waals surface area contributed by atoms with Crippen LogP contribution in [0.4, 0.5) is 5.69 Å². The van der Waals surface area contributed by atoms with Crippen LogP contribution in [0.15, 0.2) is 47.1 Å². The molecule has 2 rings (SSSR count). The highest BCUT2D eigenvalue weighted by molar-refractivity contribution is 9.10. The molecule has 2 aromatic rings. The molecular formula is C13H11BrN2O. The molecule has 0 aliphatic carbocycles. The minimum absolute atomic E-state index is 0.127. The molecule has 17 heavy (non-hydrogen) atoms. The lowest BCUT2D eigenvalue weighted by atomic mass is 10.2. The Hall–Kier alpha value is -1.68. The molecule has 1 N–H and O–H groups in total. The zero-order valence-electron chi connectivity index (χ0n) is 9.27. The summed E-state index contributed by atoms with van der Waals surface area (Å²) in [6.07, 6.45) is 1.63. The standard InChI is InChI=1S/C13H11BrN2O/c1-9-8-10(6-7-15-9)13(17)16-12-4-2-11(14)3-5-12/h2-8H,1H3,(H,16,17). The average molecular weight is 291 g/mol. The molecule has 0 unspecified atom stereocenters. The summed E-state index contributed by atoms with van der Waals surface area (Å²) in [5, 5.41) is 2.83. The zero-order chi connectivity index (χ0) is 12.3. The molecule has 0 spiro atoms. The molecule has 86 valence electrons. The third kappa shape index (κ3) is 3.14. The maximum atomic E-state index is 11.9. The SMILES string of the molecule is Cc1cc(C(=O)Nc2ccc(Br)cc2)ccn1. The van der Waals surface area contributed by atoms with Crippen molar-refractivity contribution in [2.45, 2.75) is 6.92 Å². The van der Waals surface area contributed by atoms with Gasteiger partial charge in [0, 0.05) is 27.6 Å².